The summed E-state index contributed by atoms with van der Waals surface area (Å²) in [5.41, 5.74) is 1.41. The molecule has 6 nitrogen and oxygen atoms in total. The maximum atomic E-state index is 14.6. The first-order valence-electron chi connectivity index (χ1n) is 8.76. The van der Waals surface area contributed by atoms with Crippen LogP contribution in [0, 0.1) is 18.6 Å². The highest BCUT2D eigenvalue weighted by molar-refractivity contribution is 7.15. The number of aliphatic imine (C=N–C) groups is 1. The SMILES string of the molecule is Cc1nnc2n1-c1sc3c(c1C(c1c(F)cccc1F)=NC2)CCC3C(=O)O. The maximum absolute atomic E-state index is 14.6. The van der Waals surface area contributed by atoms with Crippen LogP contribution in [0.4, 0.5) is 8.78 Å². The Hall–Kier alpha value is -2.94. The van der Waals surface area contributed by atoms with Crippen LogP contribution >= 0.6 is 11.3 Å². The van der Waals surface area contributed by atoms with Gasteiger partial charge < -0.3 is 5.11 Å². The van der Waals surface area contributed by atoms with Crippen molar-refractivity contribution in [3.05, 3.63) is 63.0 Å². The van der Waals surface area contributed by atoms with E-state index in [0.29, 0.717) is 39.9 Å². The standard InChI is InChI=1S/C19H14F2N4O2S/c1-8-23-24-13-7-22-16(15-11(20)3-2-4-12(15)21)14-9-5-6-10(19(26)27)17(9)28-18(14)25(8)13/h2-4,10H,5-7H2,1H3,(H,26,27). The number of thiophene rings is 1. The van der Waals surface area contributed by atoms with Gasteiger partial charge in [-0.05, 0) is 37.5 Å². The zero-order valence-corrected chi connectivity index (χ0v) is 15.6. The highest BCUT2D eigenvalue weighted by Gasteiger charge is 2.38. The molecule has 0 saturated carbocycles. The van der Waals surface area contributed by atoms with Crippen molar-refractivity contribution in [3.8, 4) is 5.00 Å². The minimum absolute atomic E-state index is 0.127. The lowest BCUT2D eigenvalue weighted by atomic mass is 9.98. The summed E-state index contributed by atoms with van der Waals surface area (Å²) >= 11 is 1.32. The number of halogens is 2. The van der Waals surface area contributed by atoms with Crippen LogP contribution in [-0.4, -0.2) is 31.6 Å². The van der Waals surface area contributed by atoms with Gasteiger partial charge in [-0.3, -0.25) is 14.4 Å². The van der Waals surface area contributed by atoms with Gasteiger partial charge in [-0.25, -0.2) is 8.78 Å². The lowest BCUT2D eigenvalue weighted by Gasteiger charge is -2.11. The second kappa shape index (κ2) is 6.03. The average Bonchev–Trinajstić information content (AvgIpc) is 3.28. The summed E-state index contributed by atoms with van der Waals surface area (Å²) in [6, 6.07) is 3.71. The van der Waals surface area contributed by atoms with Crippen molar-refractivity contribution in [2.24, 2.45) is 4.99 Å². The molecular weight excluding hydrogens is 386 g/mol. The number of carboxylic acids is 1. The van der Waals surface area contributed by atoms with E-state index in [1.54, 1.807) is 6.92 Å². The molecule has 0 spiro atoms. The Bertz CT molecular complexity index is 1160. The fourth-order valence-electron chi connectivity index (χ4n) is 3.99. The molecule has 1 aromatic carbocycles. The topological polar surface area (TPSA) is 80.4 Å². The first-order chi connectivity index (χ1) is 13.5. The van der Waals surface area contributed by atoms with E-state index in [9.17, 15) is 18.7 Å². The number of aliphatic carboxylic acids is 1. The molecule has 0 saturated heterocycles. The fourth-order valence-corrected chi connectivity index (χ4v) is 5.53. The van der Waals surface area contributed by atoms with Crippen molar-refractivity contribution in [2.75, 3.05) is 0 Å². The zero-order valence-electron chi connectivity index (χ0n) is 14.7. The van der Waals surface area contributed by atoms with Gasteiger partial charge in [0.2, 0.25) is 0 Å². The fraction of sp³-hybridized carbons (Fsp3) is 0.263. The van der Waals surface area contributed by atoms with Gasteiger partial charge in [0.05, 0.1) is 17.2 Å². The number of rotatable bonds is 2. The first-order valence-corrected chi connectivity index (χ1v) is 9.58. The molecule has 1 N–H and O–H groups in total. The van der Waals surface area contributed by atoms with Gasteiger partial charge >= 0.3 is 5.97 Å². The maximum Gasteiger partial charge on any atom is 0.311 e. The molecule has 2 aliphatic rings. The lowest BCUT2D eigenvalue weighted by molar-refractivity contribution is -0.138. The molecule has 28 heavy (non-hydrogen) atoms. The molecule has 0 fully saturated rings. The largest absolute Gasteiger partial charge is 0.481 e. The Morgan fingerprint density at radius 3 is 2.71 bits per heavy atom. The van der Waals surface area contributed by atoms with Gasteiger partial charge in [0.15, 0.2) is 5.82 Å². The van der Waals surface area contributed by atoms with E-state index in [2.05, 4.69) is 15.2 Å². The van der Waals surface area contributed by atoms with Crippen LogP contribution in [0.5, 0.6) is 0 Å². The third-order valence-corrected chi connectivity index (χ3v) is 6.56. The normalized spacial score (nSPS) is 17.5. The van der Waals surface area contributed by atoms with E-state index in [1.807, 2.05) is 4.57 Å². The summed E-state index contributed by atoms with van der Waals surface area (Å²) in [4.78, 5) is 16.9. The summed E-state index contributed by atoms with van der Waals surface area (Å²) in [5.74, 6) is -1.75. The Balaban J connectivity index is 1.84. The van der Waals surface area contributed by atoms with Crippen LogP contribution in [0.2, 0.25) is 0 Å². The average molecular weight is 400 g/mol. The highest BCUT2D eigenvalue weighted by atomic mass is 32.1. The van der Waals surface area contributed by atoms with E-state index in [0.717, 1.165) is 5.56 Å². The molecule has 0 radical (unpaired) electrons. The number of carbonyl (C=O) groups is 1. The molecular formula is C19H14F2N4O2S. The molecule has 9 heteroatoms. The minimum Gasteiger partial charge on any atom is -0.481 e. The van der Waals surface area contributed by atoms with E-state index in [4.69, 9.17) is 0 Å². The molecule has 1 aliphatic heterocycles. The number of aromatic nitrogens is 3. The van der Waals surface area contributed by atoms with Gasteiger partial charge in [-0.2, -0.15) is 0 Å². The molecule has 3 heterocycles. The molecule has 1 aliphatic carbocycles. The van der Waals surface area contributed by atoms with Crippen molar-refractivity contribution >= 4 is 23.0 Å². The summed E-state index contributed by atoms with van der Waals surface area (Å²) in [7, 11) is 0. The van der Waals surface area contributed by atoms with Crippen LogP contribution in [0.3, 0.4) is 0 Å². The molecule has 1 atom stereocenters. The summed E-state index contributed by atoms with van der Waals surface area (Å²) in [6.07, 6.45) is 0.981. The van der Waals surface area contributed by atoms with Gasteiger partial charge in [-0.15, -0.1) is 21.5 Å². The van der Waals surface area contributed by atoms with Gasteiger partial charge in [0.1, 0.15) is 29.0 Å². The Kier molecular flexibility index (Phi) is 3.70. The number of nitrogens with zero attached hydrogens (tertiary/aromatic N) is 4. The molecule has 0 bridgehead atoms. The van der Waals surface area contributed by atoms with Crippen molar-refractivity contribution in [1.82, 2.24) is 14.8 Å². The van der Waals surface area contributed by atoms with E-state index in [-0.39, 0.29) is 17.8 Å². The Morgan fingerprint density at radius 1 is 1.25 bits per heavy atom. The number of fused-ring (bicyclic) bond motifs is 5. The quantitative estimate of drug-likeness (QED) is 0.715. The van der Waals surface area contributed by atoms with Gasteiger partial charge in [-0.1, -0.05) is 6.07 Å². The van der Waals surface area contributed by atoms with Crippen molar-refractivity contribution < 1.29 is 18.7 Å². The van der Waals surface area contributed by atoms with Crippen molar-refractivity contribution in [2.45, 2.75) is 32.2 Å². The van der Waals surface area contributed by atoms with E-state index < -0.39 is 23.5 Å². The molecule has 142 valence electrons. The number of hydrogen-bond acceptors (Lipinski definition) is 5. The predicted molar refractivity (Wildman–Crippen MR) is 98.4 cm³/mol. The summed E-state index contributed by atoms with van der Waals surface area (Å²) in [5, 5.41) is 18.5. The third kappa shape index (κ3) is 2.29. The Morgan fingerprint density at radius 2 is 2.00 bits per heavy atom. The molecule has 1 unspecified atom stereocenters. The third-order valence-electron chi connectivity index (χ3n) is 5.23. The molecule has 2 aromatic heterocycles. The van der Waals surface area contributed by atoms with Crippen LogP contribution in [0.1, 0.15) is 45.6 Å². The van der Waals surface area contributed by atoms with Crippen molar-refractivity contribution in [3.63, 3.8) is 0 Å². The predicted octanol–water partition coefficient (Wildman–Crippen LogP) is 3.38. The molecule has 0 amide bonds. The Labute approximate surface area is 162 Å². The zero-order chi connectivity index (χ0) is 19.6. The van der Waals surface area contributed by atoms with Crippen LogP contribution in [0.25, 0.3) is 5.00 Å². The van der Waals surface area contributed by atoms with Crippen LogP contribution < -0.4 is 0 Å². The number of hydrogen-bond donors (Lipinski definition) is 1. The minimum atomic E-state index is -0.897. The number of aryl methyl sites for hydroxylation is 1. The van der Waals surface area contributed by atoms with E-state index in [1.165, 1.54) is 29.5 Å². The second-order valence-corrected chi connectivity index (χ2v) is 7.85. The number of benzene rings is 1. The molecule has 3 aromatic rings. The van der Waals surface area contributed by atoms with Crippen LogP contribution in [0.15, 0.2) is 23.2 Å². The lowest BCUT2D eigenvalue weighted by Crippen LogP contribution is -2.12. The van der Waals surface area contributed by atoms with Crippen molar-refractivity contribution in [1.29, 1.82) is 0 Å². The van der Waals surface area contributed by atoms with E-state index >= 15 is 0 Å². The summed E-state index contributed by atoms with van der Waals surface area (Å²) < 4.78 is 31.0. The van der Waals surface area contributed by atoms with Crippen LogP contribution in [-0.2, 0) is 17.8 Å². The van der Waals surface area contributed by atoms with Gasteiger partial charge in [0, 0.05) is 10.4 Å². The smallest absolute Gasteiger partial charge is 0.311 e. The molecule has 5 rings (SSSR count). The summed E-state index contributed by atoms with van der Waals surface area (Å²) in [6.45, 7) is 1.91. The van der Waals surface area contributed by atoms with Gasteiger partial charge in [0.25, 0.3) is 0 Å². The first kappa shape index (κ1) is 17.2. The monoisotopic (exact) mass is 400 g/mol. The highest BCUT2D eigenvalue weighted by Crippen LogP contribution is 2.46. The number of carboxylic acid groups (broad SMARTS) is 1. The second-order valence-electron chi connectivity index (χ2n) is 6.81.